The molecule has 2 aromatic heterocycles. The van der Waals surface area contributed by atoms with Crippen molar-refractivity contribution in [2.24, 2.45) is 0 Å². The molecule has 1 aromatic carbocycles. The average molecular weight is 427 g/mol. The van der Waals surface area contributed by atoms with Crippen LogP contribution in [-0.4, -0.2) is 10.9 Å². The quantitative estimate of drug-likeness (QED) is 0.635. The third kappa shape index (κ3) is 4.47. The summed E-state index contributed by atoms with van der Waals surface area (Å²) < 4.78 is 27.8. The lowest BCUT2D eigenvalue weighted by Gasteiger charge is -2.23. The number of carbonyl (C=O) groups is 1. The van der Waals surface area contributed by atoms with E-state index in [-0.39, 0.29) is 36.5 Å². The summed E-state index contributed by atoms with van der Waals surface area (Å²) >= 11 is 1.43. The van der Waals surface area contributed by atoms with Gasteiger partial charge in [-0.15, -0.1) is 11.3 Å². The second-order valence-electron chi connectivity index (χ2n) is 6.82. The largest absolute Gasteiger partial charge is 0.325 e. The highest BCUT2D eigenvalue weighted by atomic mass is 32.1. The van der Waals surface area contributed by atoms with E-state index < -0.39 is 17.2 Å². The van der Waals surface area contributed by atoms with Crippen LogP contribution in [-0.2, 0) is 17.8 Å². The van der Waals surface area contributed by atoms with Gasteiger partial charge in [-0.05, 0) is 55.0 Å². The Bertz CT molecular complexity index is 1180. The first kappa shape index (κ1) is 21.4. The SMILES string of the molecule is Cc1[nH]c(=O)c(C#N)c(C)c1CCC(=O)N(Cc1cccs1)c1ccc(F)cc1F. The molecule has 0 radical (unpaired) electrons. The summed E-state index contributed by atoms with van der Waals surface area (Å²) in [7, 11) is 0. The topological polar surface area (TPSA) is 77.0 Å². The number of anilines is 1. The Hall–Kier alpha value is -3.31. The van der Waals surface area contributed by atoms with Crippen molar-refractivity contribution in [2.75, 3.05) is 4.90 Å². The normalized spacial score (nSPS) is 10.6. The minimum Gasteiger partial charge on any atom is -0.325 e. The zero-order chi connectivity index (χ0) is 21.8. The summed E-state index contributed by atoms with van der Waals surface area (Å²) in [5.41, 5.74) is 1.38. The van der Waals surface area contributed by atoms with Gasteiger partial charge in [-0.2, -0.15) is 5.26 Å². The molecule has 0 spiro atoms. The Morgan fingerprint density at radius 1 is 1.27 bits per heavy atom. The first-order valence-corrected chi connectivity index (χ1v) is 10.1. The number of rotatable bonds is 6. The second-order valence-corrected chi connectivity index (χ2v) is 7.86. The van der Waals surface area contributed by atoms with Crippen molar-refractivity contribution in [1.82, 2.24) is 4.98 Å². The number of nitrogens with one attached hydrogen (secondary N) is 1. The standard InChI is InChI=1S/C22H19F2N3O2S/c1-13-17(14(2)26-22(29)18(13)11-25)6-8-21(28)27(12-16-4-3-9-30-16)20-7-5-15(23)10-19(20)24/h3-5,7,9-10H,6,8,12H2,1-2H3,(H,26,29). The van der Waals surface area contributed by atoms with Gasteiger partial charge in [0.05, 0.1) is 12.2 Å². The van der Waals surface area contributed by atoms with E-state index in [4.69, 9.17) is 0 Å². The van der Waals surface area contributed by atoms with E-state index in [1.165, 1.54) is 22.3 Å². The molecular weight excluding hydrogens is 408 g/mol. The lowest BCUT2D eigenvalue weighted by Crippen LogP contribution is -2.31. The molecule has 5 nitrogen and oxygen atoms in total. The van der Waals surface area contributed by atoms with Crippen LogP contribution in [0.25, 0.3) is 0 Å². The smallest absolute Gasteiger partial charge is 0.266 e. The highest BCUT2D eigenvalue weighted by Crippen LogP contribution is 2.25. The number of amides is 1. The van der Waals surface area contributed by atoms with E-state index in [0.717, 1.165) is 17.0 Å². The summed E-state index contributed by atoms with van der Waals surface area (Å²) in [5.74, 6) is -1.89. The maximum absolute atomic E-state index is 14.4. The predicted molar refractivity (Wildman–Crippen MR) is 111 cm³/mol. The molecule has 3 aromatic rings. The first-order chi connectivity index (χ1) is 14.3. The molecule has 154 valence electrons. The fraction of sp³-hybridized carbons (Fsp3) is 0.227. The molecule has 0 aliphatic carbocycles. The number of benzene rings is 1. The Labute approximate surface area is 176 Å². The summed E-state index contributed by atoms with van der Waals surface area (Å²) in [6.07, 6.45) is 0.298. The third-order valence-corrected chi connectivity index (χ3v) is 5.77. The Balaban J connectivity index is 1.89. The zero-order valence-electron chi connectivity index (χ0n) is 16.5. The minimum absolute atomic E-state index is 0.00225. The molecule has 0 saturated carbocycles. The maximum atomic E-state index is 14.4. The second kappa shape index (κ2) is 9.01. The van der Waals surface area contributed by atoms with Crippen molar-refractivity contribution in [2.45, 2.75) is 33.2 Å². The predicted octanol–water partition coefficient (Wildman–Crippen LogP) is 4.37. The number of thiophene rings is 1. The van der Waals surface area contributed by atoms with Crippen LogP contribution in [0.4, 0.5) is 14.5 Å². The van der Waals surface area contributed by atoms with Gasteiger partial charge in [0, 0.05) is 23.1 Å². The van der Waals surface area contributed by atoms with Crippen molar-refractivity contribution in [3.63, 3.8) is 0 Å². The van der Waals surface area contributed by atoms with Crippen LogP contribution in [0.5, 0.6) is 0 Å². The number of hydrogen-bond donors (Lipinski definition) is 1. The van der Waals surface area contributed by atoms with Gasteiger partial charge >= 0.3 is 0 Å². The first-order valence-electron chi connectivity index (χ1n) is 9.22. The van der Waals surface area contributed by atoms with Gasteiger partial charge in [0.2, 0.25) is 5.91 Å². The van der Waals surface area contributed by atoms with E-state index in [2.05, 4.69) is 4.98 Å². The van der Waals surface area contributed by atoms with Crippen molar-refractivity contribution >= 4 is 22.9 Å². The molecule has 2 heterocycles. The molecule has 0 fully saturated rings. The zero-order valence-corrected chi connectivity index (χ0v) is 17.3. The van der Waals surface area contributed by atoms with Crippen molar-refractivity contribution in [3.8, 4) is 6.07 Å². The van der Waals surface area contributed by atoms with Gasteiger partial charge in [-0.1, -0.05) is 6.07 Å². The lowest BCUT2D eigenvalue weighted by molar-refractivity contribution is -0.118. The van der Waals surface area contributed by atoms with Gasteiger partial charge in [0.15, 0.2) is 0 Å². The lowest BCUT2D eigenvalue weighted by atomic mass is 9.99. The minimum atomic E-state index is -0.817. The van der Waals surface area contributed by atoms with Gasteiger partial charge in [0.25, 0.3) is 5.56 Å². The van der Waals surface area contributed by atoms with Crippen LogP contribution in [0.3, 0.4) is 0 Å². The number of aromatic amines is 1. The number of aromatic nitrogens is 1. The fourth-order valence-electron chi connectivity index (χ4n) is 3.35. The molecular formula is C22H19F2N3O2S. The van der Waals surface area contributed by atoms with E-state index in [1.54, 1.807) is 13.8 Å². The number of aryl methyl sites for hydroxylation is 1. The molecule has 0 bridgehead atoms. The van der Waals surface area contributed by atoms with Crippen LogP contribution in [0, 0.1) is 36.8 Å². The van der Waals surface area contributed by atoms with E-state index >= 15 is 0 Å². The summed E-state index contributed by atoms with van der Waals surface area (Å²) in [6, 6.07) is 8.67. The fourth-order valence-corrected chi connectivity index (χ4v) is 4.05. The summed E-state index contributed by atoms with van der Waals surface area (Å²) in [5, 5.41) is 11.1. The van der Waals surface area contributed by atoms with Crippen molar-refractivity contribution < 1.29 is 13.6 Å². The number of carbonyl (C=O) groups excluding carboxylic acids is 1. The maximum Gasteiger partial charge on any atom is 0.266 e. The van der Waals surface area contributed by atoms with Crippen molar-refractivity contribution in [1.29, 1.82) is 5.26 Å². The highest BCUT2D eigenvalue weighted by molar-refractivity contribution is 7.09. The molecule has 0 atom stereocenters. The van der Waals surface area contributed by atoms with Crippen molar-refractivity contribution in [3.05, 3.63) is 85.0 Å². The Morgan fingerprint density at radius 3 is 2.67 bits per heavy atom. The number of hydrogen-bond acceptors (Lipinski definition) is 4. The highest BCUT2D eigenvalue weighted by Gasteiger charge is 2.22. The molecule has 8 heteroatoms. The molecule has 0 aliphatic heterocycles. The molecule has 0 saturated heterocycles. The molecule has 0 aliphatic rings. The molecule has 30 heavy (non-hydrogen) atoms. The number of nitriles is 1. The number of H-pyrrole nitrogens is 1. The Kier molecular flexibility index (Phi) is 6.43. The number of halogens is 2. The number of pyridine rings is 1. The van der Waals surface area contributed by atoms with Crippen LogP contribution in [0.1, 0.15) is 33.7 Å². The molecule has 3 rings (SSSR count). The monoisotopic (exact) mass is 427 g/mol. The average Bonchev–Trinajstić information content (AvgIpc) is 3.19. The van der Waals surface area contributed by atoms with Gasteiger partial charge < -0.3 is 9.88 Å². The summed E-state index contributed by atoms with van der Waals surface area (Å²) in [4.78, 5) is 29.7. The van der Waals surface area contributed by atoms with Gasteiger partial charge in [-0.25, -0.2) is 8.78 Å². The van der Waals surface area contributed by atoms with Gasteiger partial charge in [-0.3, -0.25) is 9.59 Å². The van der Waals surface area contributed by atoms with Crippen LogP contribution in [0.2, 0.25) is 0 Å². The van der Waals surface area contributed by atoms with Gasteiger partial charge in [0.1, 0.15) is 23.3 Å². The van der Waals surface area contributed by atoms with E-state index in [0.29, 0.717) is 16.8 Å². The summed E-state index contributed by atoms with van der Waals surface area (Å²) in [6.45, 7) is 3.54. The molecule has 0 unspecified atom stereocenters. The van der Waals surface area contributed by atoms with Crippen LogP contribution < -0.4 is 10.5 Å². The van der Waals surface area contributed by atoms with Crippen LogP contribution in [0.15, 0.2) is 40.5 Å². The van der Waals surface area contributed by atoms with Crippen LogP contribution >= 0.6 is 11.3 Å². The Morgan fingerprint density at radius 2 is 2.03 bits per heavy atom. The van der Waals surface area contributed by atoms with E-state index in [9.17, 15) is 23.6 Å². The third-order valence-electron chi connectivity index (χ3n) is 4.90. The number of nitrogens with zero attached hydrogens (tertiary/aromatic N) is 2. The molecule has 1 amide bonds. The van der Waals surface area contributed by atoms with E-state index in [1.807, 2.05) is 23.6 Å². The molecule has 1 N–H and O–H groups in total.